The van der Waals surface area contributed by atoms with Crippen LogP contribution in [0.3, 0.4) is 0 Å². The Bertz CT molecular complexity index is 505. The molecule has 1 rings (SSSR count). The SMILES string of the molecule is CC.CCS/C(=C(\CNCc1ccncc1)N(C)C=O)N(C)C(C)C. The van der Waals surface area contributed by atoms with Crippen molar-refractivity contribution in [3.8, 4) is 0 Å². The fourth-order valence-electron chi connectivity index (χ4n) is 2.00. The lowest BCUT2D eigenvalue weighted by molar-refractivity contribution is -0.115. The van der Waals surface area contributed by atoms with Crippen molar-refractivity contribution >= 4 is 18.2 Å². The summed E-state index contributed by atoms with van der Waals surface area (Å²) in [5, 5.41) is 4.56. The van der Waals surface area contributed by atoms with Gasteiger partial charge in [-0.15, -0.1) is 11.8 Å². The molecule has 1 N–H and O–H groups in total. The summed E-state index contributed by atoms with van der Waals surface area (Å²) in [6.45, 7) is 11.8. The van der Waals surface area contributed by atoms with Gasteiger partial charge < -0.3 is 15.1 Å². The molecule has 1 aromatic rings. The molecule has 0 aliphatic carbocycles. The van der Waals surface area contributed by atoms with Crippen LogP contribution in [0.2, 0.25) is 0 Å². The molecule has 0 spiro atoms. The van der Waals surface area contributed by atoms with Gasteiger partial charge in [0.2, 0.25) is 6.41 Å². The zero-order chi connectivity index (χ0) is 19.2. The van der Waals surface area contributed by atoms with Crippen molar-refractivity contribution < 1.29 is 4.79 Å². The maximum atomic E-state index is 11.3. The van der Waals surface area contributed by atoms with Crippen molar-refractivity contribution in [3.05, 3.63) is 40.8 Å². The summed E-state index contributed by atoms with van der Waals surface area (Å²) in [5.41, 5.74) is 2.17. The van der Waals surface area contributed by atoms with Crippen LogP contribution in [0.25, 0.3) is 0 Å². The molecule has 0 aromatic carbocycles. The number of carbonyl (C=O) groups excluding carboxylic acids is 1. The van der Waals surface area contributed by atoms with E-state index in [9.17, 15) is 4.79 Å². The predicted molar refractivity (Wildman–Crippen MR) is 109 cm³/mol. The number of aromatic nitrogens is 1. The molecule has 1 aromatic heterocycles. The largest absolute Gasteiger partial charge is 0.366 e. The average molecular weight is 367 g/mol. The molecular formula is C19H34N4OS. The fourth-order valence-corrected chi connectivity index (χ4v) is 3.07. The van der Waals surface area contributed by atoms with Gasteiger partial charge in [0.25, 0.3) is 0 Å². The van der Waals surface area contributed by atoms with Gasteiger partial charge in [0.1, 0.15) is 0 Å². The topological polar surface area (TPSA) is 48.5 Å². The second-order valence-corrected chi connectivity index (χ2v) is 6.82. The second kappa shape index (κ2) is 13.7. The zero-order valence-corrected chi connectivity index (χ0v) is 17.6. The summed E-state index contributed by atoms with van der Waals surface area (Å²) in [7, 11) is 3.88. The quantitative estimate of drug-likeness (QED) is 0.642. The number of pyridine rings is 1. The number of hydrogen-bond acceptors (Lipinski definition) is 5. The molecule has 0 aliphatic rings. The molecule has 0 saturated carbocycles. The molecule has 25 heavy (non-hydrogen) atoms. The van der Waals surface area contributed by atoms with Crippen LogP contribution in [0.4, 0.5) is 0 Å². The van der Waals surface area contributed by atoms with Crippen molar-refractivity contribution in [1.82, 2.24) is 20.1 Å². The molecule has 5 nitrogen and oxygen atoms in total. The van der Waals surface area contributed by atoms with Gasteiger partial charge in [-0.2, -0.15) is 0 Å². The van der Waals surface area contributed by atoms with Gasteiger partial charge in [-0.05, 0) is 37.3 Å². The van der Waals surface area contributed by atoms with Crippen molar-refractivity contribution in [2.75, 3.05) is 26.4 Å². The average Bonchev–Trinajstić information content (AvgIpc) is 2.65. The molecule has 0 aliphatic heterocycles. The molecule has 0 fully saturated rings. The van der Waals surface area contributed by atoms with E-state index < -0.39 is 0 Å². The molecule has 0 unspecified atom stereocenters. The highest BCUT2D eigenvalue weighted by Crippen LogP contribution is 2.25. The van der Waals surface area contributed by atoms with E-state index in [4.69, 9.17) is 0 Å². The fraction of sp³-hybridized carbons (Fsp3) is 0.579. The zero-order valence-electron chi connectivity index (χ0n) is 16.7. The Balaban J connectivity index is 0.00000277. The third kappa shape index (κ3) is 8.40. The Morgan fingerprint density at radius 2 is 1.88 bits per heavy atom. The molecule has 0 atom stereocenters. The van der Waals surface area contributed by atoms with E-state index in [0.29, 0.717) is 12.6 Å². The molecule has 142 valence electrons. The van der Waals surface area contributed by atoms with Gasteiger partial charge in [0, 0.05) is 45.6 Å². The van der Waals surface area contributed by atoms with E-state index in [1.165, 1.54) is 5.56 Å². The van der Waals surface area contributed by atoms with Crippen molar-refractivity contribution in [3.63, 3.8) is 0 Å². The number of rotatable bonds is 10. The van der Waals surface area contributed by atoms with Crippen LogP contribution < -0.4 is 5.32 Å². The maximum absolute atomic E-state index is 11.3. The first-order valence-corrected chi connectivity index (χ1v) is 9.86. The van der Waals surface area contributed by atoms with Crippen LogP contribution in [0.1, 0.15) is 40.2 Å². The van der Waals surface area contributed by atoms with Gasteiger partial charge >= 0.3 is 0 Å². The Morgan fingerprint density at radius 1 is 1.28 bits per heavy atom. The Morgan fingerprint density at radius 3 is 2.36 bits per heavy atom. The molecule has 1 heterocycles. The maximum Gasteiger partial charge on any atom is 0.213 e. The minimum absolute atomic E-state index is 0.374. The smallest absolute Gasteiger partial charge is 0.213 e. The number of likely N-dealkylation sites (N-methyl/N-ethyl adjacent to an activating group) is 1. The van der Waals surface area contributed by atoms with E-state index in [0.717, 1.165) is 29.4 Å². The van der Waals surface area contributed by atoms with Gasteiger partial charge in [0.05, 0.1) is 10.7 Å². The van der Waals surface area contributed by atoms with Crippen LogP contribution in [0.15, 0.2) is 35.3 Å². The first kappa shape index (κ1) is 23.5. The summed E-state index contributed by atoms with van der Waals surface area (Å²) in [6, 6.07) is 4.35. The lowest BCUT2D eigenvalue weighted by Gasteiger charge is -2.31. The lowest BCUT2D eigenvalue weighted by atomic mass is 10.2. The van der Waals surface area contributed by atoms with Crippen LogP contribution in [-0.2, 0) is 11.3 Å². The molecule has 6 heteroatoms. The summed E-state index contributed by atoms with van der Waals surface area (Å²) in [4.78, 5) is 19.2. The molecule has 0 radical (unpaired) electrons. The summed E-state index contributed by atoms with van der Waals surface area (Å²) in [6.07, 6.45) is 4.44. The highest BCUT2D eigenvalue weighted by Gasteiger charge is 2.17. The highest BCUT2D eigenvalue weighted by molar-refractivity contribution is 8.02. The van der Waals surface area contributed by atoms with Gasteiger partial charge in [0.15, 0.2) is 0 Å². The van der Waals surface area contributed by atoms with Crippen LogP contribution in [-0.4, -0.2) is 53.6 Å². The molecule has 0 saturated heterocycles. The summed E-state index contributed by atoms with van der Waals surface area (Å²) in [5.74, 6) is 0.965. The molecule has 1 amide bonds. The number of nitrogens with one attached hydrogen (secondary N) is 1. The number of amides is 1. The molecular weight excluding hydrogens is 332 g/mol. The number of thioether (sulfide) groups is 1. The third-order valence-electron chi connectivity index (χ3n) is 3.58. The minimum Gasteiger partial charge on any atom is -0.366 e. The van der Waals surface area contributed by atoms with Gasteiger partial charge in [-0.3, -0.25) is 9.78 Å². The van der Waals surface area contributed by atoms with Gasteiger partial charge in [-0.1, -0.05) is 20.8 Å². The Kier molecular flexibility index (Phi) is 12.9. The number of hydrogen-bond donors (Lipinski definition) is 1. The van der Waals surface area contributed by atoms with E-state index >= 15 is 0 Å². The van der Waals surface area contributed by atoms with Crippen molar-refractivity contribution in [2.45, 2.75) is 47.2 Å². The predicted octanol–water partition coefficient (Wildman–Crippen LogP) is 3.55. The van der Waals surface area contributed by atoms with Crippen LogP contribution >= 0.6 is 11.8 Å². The van der Waals surface area contributed by atoms with Crippen LogP contribution in [0, 0.1) is 0 Å². The first-order chi connectivity index (χ1) is 12.0. The van der Waals surface area contributed by atoms with E-state index in [1.54, 1.807) is 36.1 Å². The highest BCUT2D eigenvalue weighted by atomic mass is 32.2. The summed E-state index contributed by atoms with van der Waals surface area (Å²) >= 11 is 1.77. The first-order valence-electron chi connectivity index (χ1n) is 8.87. The van der Waals surface area contributed by atoms with E-state index in [1.807, 2.05) is 26.0 Å². The summed E-state index contributed by atoms with van der Waals surface area (Å²) < 4.78 is 0. The van der Waals surface area contributed by atoms with Crippen LogP contribution in [0.5, 0.6) is 0 Å². The third-order valence-corrected chi connectivity index (χ3v) is 4.66. The van der Waals surface area contributed by atoms with E-state index in [2.05, 4.69) is 43.0 Å². The Hall–Kier alpha value is -1.53. The number of nitrogens with zero attached hydrogens (tertiary/aromatic N) is 3. The standard InChI is InChI=1S/C17H28N4OS.C2H6/c1-6-23-17(21(5)14(2)3)16(20(4)13-22)12-19-11-15-7-9-18-10-8-15;1-2/h7-10,13-14,19H,6,11-12H2,1-5H3;1-2H3/b17-16+;. The van der Waals surface area contributed by atoms with Crippen molar-refractivity contribution in [2.24, 2.45) is 0 Å². The normalized spacial score (nSPS) is 11.4. The van der Waals surface area contributed by atoms with E-state index in [-0.39, 0.29) is 0 Å². The lowest BCUT2D eigenvalue weighted by Crippen LogP contribution is -2.33. The van der Waals surface area contributed by atoms with Crippen molar-refractivity contribution in [1.29, 1.82) is 0 Å². The second-order valence-electron chi connectivity index (χ2n) is 5.56. The monoisotopic (exact) mass is 366 g/mol. The number of carbonyl (C=O) groups is 1. The minimum atomic E-state index is 0.374. The molecule has 0 bridgehead atoms. The van der Waals surface area contributed by atoms with Gasteiger partial charge in [-0.25, -0.2) is 0 Å². The Labute approximate surface area is 157 Å².